The fourth-order valence-corrected chi connectivity index (χ4v) is 4.53. The summed E-state index contributed by atoms with van der Waals surface area (Å²) < 4.78 is 5.53. The summed E-state index contributed by atoms with van der Waals surface area (Å²) in [6, 6.07) is 11.2. The summed E-state index contributed by atoms with van der Waals surface area (Å²) in [5.74, 6) is 0. The monoisotopic (exact) mass is 441 g/mol. The van der Waals surface area contributed by atoms with Crippen LogP contribution < -0.4 is 5.56 Å². The number of benzene rings is 2. The van der Waals surface area contributed by atoms with Crippen LogP contribution >= 0.6 is 0 Å². The van der Waals surface area contributed by atoms with Crippen molar-refractivity contribution >= 4 is 10.8 Å². The minimum atomic E-state index is -1.56. The summed E-state index contributed by atoms with van der Waals surface area (Å²) in [7, 11) is 0. The number of fused-ring (bicyclic) bond motifs is 1. The Hall–Kier alpha value is -2.59. The number of pyridine rings is 1. The van der Waals surface area contributed by atoms with E-state index in [0.717, 1.165) is 27.6 Å². The molecule has 1 aliphatic rings. The molecular weight excluding hydrogens is 414 g/mol. The van der Waals surface area contributed by atoms with Crippen molar-refractivity contribution in [2.75, 3.05) is 6.61 Å². The highest BCUT2D eigenvalue weighted by Gasteiger charge is 2.46. The van der Waals surface area contributed by atoms with Crippen LogP contribution in [0.3, 0.4) is 0 Å². The summed E-state index contributed by atoms with van der Waals surface area (Å²) >= 11 is 0. The second kappa shape index (κ2) is 8.74. The van der Waals surface area contributed by atoms with E-state index in [2.05, 4.69) is 4.98 Å². The first-order valence-corrected chi connectivity index (χ1v) is 10.4. The van der Waals surface area contributed by atoms with E-state index in [4.69, 9.17) is 4.74 Å². The van der Waals surface area contributed by atoms with Gasteiger partial charge in [0.15, 0.2) is 0 Å². The predicted octanol–water partition coefficient (Wildman–Crippen LogP) is 0.688. The summed E-state index contributed by atoms with van der Waals surface area (Å²) in [5.41, 5.74) is 3.51. The Morgan fingerprint density at radius 3 is 2.31 bits per heavy atom. The zero-order valence-electron chi connectivity index (χ0n) is 17.8. The molecular formula is C24H27NO7. The van der Waals surface area contributed by atoms with E-state index in [-0.39, 0.29) is 5.56 Å². The number of aromatic nitrogens is 1. The van der Waals surface area contributed by atoms with Crippen LogP contribution in [0.4, 0.5) is 0 Å². The fourth-order valence-electron chi connectivity index (χ4n) is 4.53. The Morgan fingerprint density at radius 2 is 1.66 bits per heavy atom. The third-order valence-corrected chi connectivity index (χ3v) is 6.24. The number of hydrogen-bond donors (Lipinski definition) is 6. The van der Waals surface area contributed by atoms with Crippen molar-refractivity contribution in [2.24, 2.45) is 0 Å². The number of aliphatic hydroxyl groups is 5. The molecule has 0 radical (unpaired) electrons. The molecule has 2 heterocycles. The highest BCUT2D eigenvalue weighted by Crippen LogP contribution is 2.35. The molecule has 1 fully saturated rings. The quantitative estimate of drug-likeness (QED) is 0.350. The lowest BCUT2D eigenvalue weighted by atomic mass is 9.85. The van der Waals surface area contributed by atoms with Crippen LogP contribution in [0, 0.1) is 13.8 Å². The first kappa shape index (κ1) is 22.6. The average Bonchev–Trinajstić information content (AvgIpc) is 2.77. The molecule has 4 rings (SSSR count). The van der Waals surface area contributed by atoms with Gasteiger partial charge in [0.1, 0.15) is 36.6 Å². The van der Waals surface area contributed by atoms with Crippen LogP contribution in [0.5, 0.6) is 0 Å². The fraction of sp³-hybridized carbons (Fsp3) is 0.375. The van der Waals surface area contributed by atoms with Gasteiger partial charge in [-0.1, -0.05) is 24.3 Å². The lowest BCUT2D eigenvalue weighted by Crippen LogP contribution is -2.60. The Kier molecular flexibility index (Phi) is 6.17. The number of aromatic amines is 1. The molecule has 0 saturated carbocycles. The van der Waals surface area contributed by atoms with Crippen LogP contribution in [-0.4, -0.2) is 67.6 Å². The molecule has 1 saturated heterocycles. The molecule has 1 aliphatic heterocycles. The van der Waals surface area contributed by atoms with E-state index in [1.165, 1.54) is 0 Å². The molecule has 0 spiro atoms. The lowest BCUT2D eigenvalue weighted by Gasteiger charge is -2.42. The highest BCUT2D eigenvalue weighted by atomic mass is 16.6. The van der Waals surface area contributed by atoms with Crippen molar-refractivity contribution in [3.05, 3.63) is 69.6 Å². The summed E-state index contributed by atoms with van der Waals surface area (Å²) in [6.07, 6.45) is -6.59. The van der Waals surface area contributed by atoms with Crippen molar-refractivity contribution in [3.63, 3.8) is 0 Å². The van der Waals surface area contributed by atoms with Crippen molar-refractivity contribution in [2.45, 2.75) is 50.5 Å². The van der Waals surface area contributed by atoms with Gasteiger partial charge in [0.2, 0.25) is 0 Å². The molecule has 0 bridgehead atoms. The molecule has 170 valence electrons. The number of nitrogens with one attached hydrogen (secondary N) is 1. The van der Waals surface area contributed by atoms with Crippen LogP contribution in [0.2, 0.25) is 0 Å². The van der Waals surface area contributed by atoms with Crippen LogP contribution in [-0.2, 0) is 4.74 Å². The molecule has 2 unspecified atom stereocenters. The highest BCUT2D eigenvalue weighted by molar-refractivity contribution is 5.86. The van der Waals surface area contributed by atoms with Gasteiger partial charge < -0.3 is 35.3 Å². The molecule has 0 aliphatic carbocycles. The maximum Gasteiger partial charge on any atom is 0.255 e. The normalized spacial score (nSPS) is 26.9. The van der Waals surface area contributed by atoms with E-state index >= 15 is 0 Å². The summed E-state index contributed by atoms with van der Waals surface area (Å²) in [5, 5.41) is 52.3. The van der Waals surface area contributed by atoms with Gasteiger partial charge in [-0.25, -0.2) is 0 Å². The van der Waals surface area contributed by atoms with Gasteiger partial charge in [-0.3, -0.25) is 4.79 Å². The first-order valence-electron chi connectivity index (χ1n) is 10.4. The molecule has 1 aromatic heterocycles. The van der Waals surface area contributed by atoms with Gasteiger partial charge in [0.25, 0.3) is 5.56 Å². The number of aliphatic hydroxyl groups excluding tert-OH is 5. The minimum Gasteiger partial charge on any atom is -0.394 e. The van der Waals surface area contributed by atoms with Crippen molar-refractivity contribution < 1.29 is 30.3 Å². The van der Waals surface area contributed by atoms with Crippen molar-refractivity contribution in [1.29, 1.82) is 0 Å². The Labute approximate surface area is 184 Å². The number of ether oxygens (including phenoxy) is 1. The SMILES string of the molecule is Cc1cc(-c2ccc3cc[nH]c(=O)c3c2)cc(C)c1[C@@H](O)[C@H]1OC(CO)[C@@H](O)[C@H](O)C1O. The van der Waals surface area contributed by atoms with E-state index in [0.29, 0.717) is 10.9 Å². The van der Waals surface area contributed by atoms with E-state index in [1.807, 2.05) is 50.2 Å². The second-order valence-electron chi connectivity index (χ2n) is 8.37. The van der Waals surface area contributed by atoms with Crippen molar-refractivity contribution in [3.8, 4) is 11.1 Å². The van der Waals surface area contributed by atoms with Gasteiger partial charge in [-0.05, 0) is 59.2 Å². The van der Waals surface area contributed by atoms with Gasteiger partial charge in [-0.2, -0.15) is 0 Å². The largest absolute Gasteiger partial charge is 0.394 e. The molecule has 3 aromatic rings. The molecule has 32 heavy (non-hydrogen) atoms. The third kappa shape index (κ3) is 3.86. The van der Waals surface area contributed by atoms with Crippen LogP contribution in [0.25, 0.3) is 21.9 Å². The van der Waals surface area contributed by atoms with Crippen LogP contribution in [0.15, 0.2) is 47.4 Å². The topological polar surface area (TPSA) is 143 Å². The first-order chi connectivity index (χ1) is 15.2. The number of rotatable bonds is 4. The van der Waals surface area contributed by atoms with E-state index in [9.17, 15) is 30.3 Å². The van der Waals surface area contributed by atoms with Gasteiger partial charge in [0, 0.05) is 11.6 Å². The third-order valence-electron chi connectivity index (χ3n) is 6.24. The maximum absolute atomic E-state index is 12.2. The second-order valence-corrected chi connectivity index (χ2v) is 8.37. The van der Waals surface area contributed by atoms with Crippen LogP contribution in [0.1, 0.15) is 22.8 Å². The summed E-state index contributed by atoms with van der Waals surface area (Å²) in [4.78, 5) is 14.8. The van der Waals surface area contributed by atoms with E-state index in [1.54, 1.807) is 6.20 Å². The smallest absolute Gasteiger partial charge is 0.255 e. The molecule has 2 aromatic carbocycles. The van der Waals surface area contributed by atoms with Gasteiger partial charge in [-0.15, -0.1) is 0 Å². The molecule has 8 heteroatoms. The minimum absolute atomic E-state index is 0.174. The van der Waals surface area contributed by atoms with Gasteiger partial charge in [0.05, 0.1) is 6.61 Å². The summed E-state index contributed by atoms with van der Waals surface area (Å²) in [6.45, 7) is 3.06. The molecule has 0 amide bonds. The number of hydrogen-bond acceptors (Lipinski definition) is 7. The lowest BCUT2D eigenvalue weighted by molar-refractivity contribution is -0.250. The zero-order chi connectivity index (χ0) is 23.2. The van der Waals surface area contributed by atoms with E-state index < -0.39 is 43.2 Å². The standard InChI is InChI=1S/C24H27NO7/c1-11-7-15(14-4-3-13-5-6-25-24(31)16(13)9-14)8-12(2)18(11)20(28)23-22(30)21(29)19(27)17(10-26)32-23/h3-9,17,19-23,26-30H,10H2,1-2H3,(H,25,31)/t17?,19-,20-,21+,22?,23-/m1/s1. The number of H-pyrrole nitrogens is 1. The predicted molar refractivity (Wildman–Crippen MR) is 118 cm³/mol. The molecule has 6 N–H and O–H groups in total. The Morgan fingerprint density at radius 1 is 0.969 bits per heavy atom. The Bertz CT molecular complexity index is 1170. The average molecular weight is 441 g/mol. The molecule has 6 atom stereocenters. The maximum atomic E-state index is 12.2. The number of aryl methyl sites for hydroxylation is 2. The molecule has 8 nitrogen and oxygen atoms in total. The Balaban J connectivity index is 1.70. The zero-order valence-corrected chi connectivity index (χ0v) is 17.8. The van der Waals surface area contributed by atoms with Crippen molar-refractivity contribution in [1.82, 2.24) is 4.98 Å². The van der Waals surface area contributed by atoms with Gasteiger partial charge >= 0.3 is 0 Å².